The predicted octanol–water partition coefficient (Wildman–Crippen LogP) is 3.32. The Kier molecular flexibility index (Phi) is 3.65. The summed E-state index contributed by atoms with van der Waals surface area (Å²) in [4.78, 5) is 0. The number of rotatable bonds is 6. The third-order valence-corrected chi connectivity index (χ3v) is 3.02. The van der Waals surface area contributed by atoms with Crippen molar-refractivity contribution < 1.29 is 4.42 Å². The van der Waals surface area contributed by atoms with Crippen molar-refractivity contribution in [2.75, 3.05) is 6.54 Å². The second-order valence-corrected chi connectivity index (χ2v) is 4.75. The van der Waals surface area contributed by atoms with Gasteiger partial charge in [0.15, 0.2) is 4.67 Å². The first kappa shape index (κ1) is 10.2. The summed E-state index contributed by atoms with van der Waals surface area (Å²) in [6.45, 7) is 1.95. The number of furan rings is 1. The van der Waals surface area contributed by atoms with Gasteiger partial charge in [0, 0.05) is 0 Å². The predicted molar refractivity (Wildman–Crippen MR) is 60.1 cm³/mol. The maximum absolute atomic E-state index is 5.38. The topological polar surface area (TPSA) is 25.2 Å². The van der Waals surface area contributed by atoms with Crippen molar-refractivity contribution in [1.82, 2.24) is 5.32 Å². The molecule has 1 aliphatic rings. The van der Waals surface area contributed by atoms with Gasteiger partial charge in [-0.3, -0.25) is 0 Å². The first-order valence-corrected chi connectivity index (χ1v) is 6.09. The Morgan fingerprint density at radius 2 is 2.29 bits per heavy atom. The maximum atomic E-state index is 5.38. The summed E-state index contributed by atoms with van der Waals surface area (Å²) >= 11 is 3.29. The van der Waals surface area contributed by atoms with E-state index in [1.54, 1.807) is 0 Å². The zero-order valence-electron chi connectivity index (χ0n) is 8.26. The Balaban J connectivity index is 1.53. The van der Waals surface area contributed by atoms with Gasteiger partial charge >= 0.3 is 0 Å². The molecule has 0 aliphatic heterocycles. The summed E-state index contributed by atoms with van der Waals surface area (Å²) in [6, 6.07) is 3.93. The van der Waals surface area contributed by atoms with Crippen molar-refractivity contribution in [3.8, 4) is 0 Å². The third kappa shape index (κ3) is 3.46. The molecule has 3 heteroatoms. The Hall–Kier alpha value is -0.280. The number of nitrogens with one attached hydrogen (secondary N) is 1. The lowest BCUT2D eigenvalue weighted by atomic mass is 10.2. The molecule has 2 nitrogen and oxygen atoms in total. The fraction of sp³-hybridized carbons (Fsp3) is 0.636. The molecule has 1 aliphatic carbocycles. The lowest BCUT2D eigenvalue weighted by molar-refractivity contribution is 0.461. The highest BCUT2D eigenvalue weighted by atomic mass is 79.9. The molecular weight excluding hydrogens is 242 g/mol. The van der Waals surface area contributed by atoms with Crippen LogP contribution in [0.3, 0.4) is 0 Å². The van der Waals surface area contributed by atoms with Crippen molar-refractivity contribution in [3.63, 3.8) is 0 Å². The molecule has 0 amide bonds. The number of hydrogen-bond acceptors (Lipinski definition) is 2. The van der Waals surface area contributed by atoms with E-state index >= 15 is 0 Å². The molecule has 1 saturated carbocycles. The van der Waals surface area contributed by atoms with Gasteiger partial charge in [0.1, 0.15) is 5.76 Å². The van der Waals surface area contributed by atoms with Crippen LogP contribution in [-0.2, 0) is 6.54 Å². The van der Waals surface area contributed by atoms with Gasteiger partial charge < -0.3 is 9.73 Å². The summed E-state index contributed by atoms with van der Waals surface area (Å²) < 4.78 is 6.19. The fourth-order valence-electron chi connectivity index (χ4n) is 1.58. The zero-order chi connectivity index (χ0) is 9.80. The lowest BCUT2D eigenvalue weighted by Crippen LogP contribution is -2.14. The molecule has 0 radical (unpaired) electrons. The van der Waals surface area contributed by atoms with Crippen LogP contribution in [0.1, 0.15) is 31.4 Å². The standard InChI is InChI=1S/C11H16BrNO/c12-11-6-5-10(14-11)8-13-7-1-2-9-3-4-9/h5-6,9,13H,1-4,7-8H2. The van der Waals surface area contributed by atoms with Gasteiger partial charge in [-0.15, -0.1) is 0 Å². The highest BCUT2D eigenvalue weighted by Gasteiger charge is 2.19. The smallest absolute Gasteiger partial charge is 0.169 e. The summed E-state index contributed by atoms with van der Waals surface area (Å²) in [6.07, 6.45) is 5.62. The largest absolute Gasteiger partial charge is 0.453 e. The van der Waals surface area contributed by atoms with E-state index in [0.29, 0.717) is 0 Å². The van der Waals surface area contributed by atoms with Crippen LogP contribution >= 0.6 is 15.9 Å². The first-order valence-electron chi connectivity index (χ1n) is 5.29. The molecule has 1 aromatic heterocycles. The van der Waals surface area contributed by atoms with Crippen LogP contribution in [0.2, 0.25) is 0 Å². The Morgan fingerprint density at radius 1 is 1.43 bits per heavy atom. The normalized spacial score (nSPS) is 16.1. The molecule has 0 bridgehead atoms. The molecule has 1 heterocycles. The Labute approximate surface area is 93.2 Å². The van der Waals surface area contributed by atoms with Gasteiger partial charge in [-0.25, -0.2) is 0 Å². The van der Waals surface area contributed by atoms with Crippen molar-refractivity contribution in [2.24, 2.45) is 5.92 Å². The second-order valence-electron chi connectivity index (χ2n) is 3.97. The summed E-state index contributed by atoms with van der Waals surface area (Å²) in [5.41, 5.74) is 0. The number of hydrogen-bond donors (Lipinski definition) is 1. The van der Waals surface area contributed by atoms with Crippen molar-refractivity contribution in [1.29, 1.82) is 0 Å². The van der Waals surface area contributed by atoms with Crippen LogP contribution < -0.4 is 5.32 Å². The van der Waals surface area contributed by atoms with E-state index in [4.69, 9.17) is 4.42 Å². The van der Waals surface area contributed by atoms with E-state index in [1.165, 1.54) is 25.7 Å². The van der Waals surface area contributed by atoms with Gasteiger partial charge in [-0.2, -0.15) is 0 Å². The van der Waals surface area contributed by atoms with E-state index in [9.17, 15) is 0 Å². The Morgan fingerprint density at radius 3 is 2.93 bits per heavy atom. The van der Waals surface area contributed by atoms with Crippen molar-refractivity contribution in [3.05, 3.63) is 22.6 Å². The maximum Gasteiger partial charge on any atom is 0.169 e. The van der Waals surface area contributed by atoms with E-state index in [0.717, 1.165) is 29.4 Å². The van der Waals surface area contributed by atoms with Crippen LogP contribution in [0.25, 0.3) is 0 Å². The minimum absolute atomic E-state index is 0.812. The average Bonchev–Trinajstić information content (AvgIpc) is 2.89. The van der Waals surface area contributed by atoms with E-state index in [2.05, 4.69) is 21.2 Å². The number of halogens is 1. The molecular formula is C11H16BrNO. The molecule has 1 N–H and O–H groups in total. The molecule has 0 unspecified atom stereocenters. The molecule has 0 aromatic carbocycles. The highest BCUT2D eigenvalue weighted by molar-refractivity contribution is 9.10. The summed E-state index contributed by atoms with van der Waals surface area (Å²) in [5, 5.41) is 3.38. The molecule has 2 rings (SSSR count). The average molecular weight is 258 g/mol. The van der Waals surface area contributed by atoms with Crippen LogP contribution in [-0.4, -0.2) is 6.54 Å². The molecule has 0 spiro atoms. The second kappa shape index (κ2) is 4.99. The third-order valence-electron chi connectivity index (χ3n) is 2.59. The van der Waals surface area contributed by atoms with Gasteiger partial charge in [0.05, 0.1) is 6.54 Å². The van der Waals surface area contributed by atoms with Crippen LogP contribution in [0.15, 0.2) is 21.2 Å². The minimum Gasteiger partial charge on any atom is -0.453 e. The summed E-state index contributed by atoms with van der Waals surface area (Å²) in [7, 11) is 0. The molecule has 14 heavy (non-hydrogen) atoms. The van der Waals surface area contributed by atoms with Crippen molar-refractivity contribution in [2.45, 2.75) is 32.2 Å². The zero-order valence-corrected chi connectivity index (χ0v) is 9.85. The van der Waals surface area contributed by atoms with Crippen molar-refractivity contribution >= 4 is 15.9 Å². The van der Waals surface area contributed by atoms with Crippen LogP contribution in [0, 0.1) is 5.92 Å². The minimum atomic E-state index is 0.812. The van der Waals surface area contributed by atoms with Gasteiger partial charge in [0.25, 0.3) is 0 Å². The quantitative estimate of drug-likeness (QED) is 0.792. The summed E-state index contributed by atoms with van der Waals surface area (Å²) in [5.74, 6) is 2.05. The van der Waals surface area contributed by atoms with E-state index in [1.807, 2.05) is 12.1 Å². The van der Waals surface area contributed by atoms with E-state index < -0.39 is 0 Å². The highest BCUT2D eigenvalue weighted by Crippen LogP contribution is 2.33. The SMILES string of the molecule is Brc1ccc(CNCCCC2CC2)o1. The van der Waals surface area contributed by atoms with Gasteiger partial charge in [0.2, 0.25) is 0 Å². The molecule has 0 saturated heterocycles. The fourth-order valence-corrected chi connectivity index (χ4v) is 1.92. The van der Waals surface area contributed by atoms with E-state index in [-0.39, 0.29) is 0 Å². The van der Waals surface area contributed by atoms with Crippen LogP contribution in [0.4, 0.5) is 0 Å². The van der Waals surface area contributed by atoms with Gasteiger partial charge in [-0.1, -0.05) is 12.8 Å². The first-order chi connectivity index (χ1) is 6.84. The van der Waals surface area contributed by atoms with Gasteiger partial charge in [-0.05, 0) is 53.4 Å². The molecule has 1 fully saturated rings. The molecule has 78 valence electrons. The lowest BCUT2D eigenvalue weighted by Gasteiger charge is -2.01. The molecule has 1 aromatic rings. The van der Waals surface area contributed by atoms with Crippen LogP contribution in [0.5, 0.6) is 0 Å². The monoisotopic (exact) mass is 257 g/mol. The Bertz CT molecular complexity index is 281. The molecule has 0 atom stereocenters.